The van der Waals surface area contributed by atoms with Gasteiger partial charge in [0.25, 0.3) is 0 Å². The predicted octanol–water partition coefficient (Wildman–Crippen LogP) is 5.88. The first-order valence-corrected chi connectivity index (χ1v) is 12.0. The maximum Gasteiger partial charge on any atom is 0.343 e. The molecule has 1 rings (SSSR count). The smallest absolute Gasteiger partial charge is 0.338 e. The lowest BCUT2D eigenvalue weighted by atomic mass is 10.1. The van der Waals surface area contributed by atoms with Crippen LogP contribution in [0.3, 0.4) is 0 Å². The lowest BCUT2D eigenvalue weighted by Crippen LogP contribution is -2.30. The summed E-state index contributed by atoms with van der Waals surface area (Å²) in [4.78, 5) is 14.5. The molecule has 0 N–H and O–H groups in total. The molecule has 0 bridgehead atoms. The zero-order valence-corrected chi connectivity index (χ0v) is 19.4. The van der Waals surface area contributed by atoms with E-state index in [1.54, 1.807) is 18.7 Å². The molecule has 0 aliphatic carbocycles. The number of carbonyl (C=O) groups excluding carboxylic acids is 1. The van der Waals surface area contributed by atoms with E-state index < -0.39 is 13.3 Å². The zero-order chi connectivity index (χ0) is 21.2. The molecular formula is C22H38NO4P. The van der Waals surface area contributed by atoms with Gasteiger partial charge in [0.1, 0.15) is 5.66 Å². The van der Waals surface area contributed by atoms with Crippen molar-refractivity contribution in [3.05, 3.63) is 34.9 Å². The van der Waals surface area contributed by atoms with E-state index in [2.05, 4.69) is 45.9 Å². The van der Waals surface area contributed by atoms with Crippen molar-refractivity contribution in [2.45, 2.75) is 72.9 Å². The molecule has 1 aliphatic rings. The molecule has 6 heteroatoms. The fourth-order valence-electron chi connectivity index (χ4n) is 3.14. The first kappa shape index (κ1) is 24.9. The highest BCUT2D eigenvalue weighted by atomic mass is 31.2. The number of nitrogens with zero attached hydrogens (tertiary/aromatic N) is 1. The van der Waals surface area contributed by atoms with Gasteiger partial charge in [-0.2, -0.15) is 0 Å². The third-order valence-corrected chi connectivity index (χ3v) is 7.27. The highest BCUT2D eigenvalue weighted by Crippen LogP contribution is 2.56. The summed E-state index contributed by atoms with van der Waals surface area (Å²) >= 11 is 0. The molecule has 1 saturated heterocycles. The van der Waals surface area contributed by atoms with Gasteiger partial charge in [-0.05, 0) is 67.2 Å². The Kier molecular flexibility index (Phi) is 11.0. The summed E-state index contributed by atoms with van der Waals surface area (Å²) in [6.07, 6.45) is 10.1. The summed E-state index contributed by atoms with van der Waals surface area (Å²) in [7, 11) is -3.37. The van der Waals surface area contributed by atoms with Crippen molar-refractivity contribution in [2.24, 2.45) is 0 Å². The van der Waals surface area contributed by atoms with E-state index >= 15 is 0 Å². The van der Waals surface area contributed by atoms with Crippen LogP contribution in [-0.4, -0.2) is 42.8 Å². The van der Waals surface area contributed by atoms with Crippen LogP contribution in [0.5, 0.6) is 0 Å². The molecule has 1 amide bonds. The average molecular weight is 412 g/mol. The Labute approximate surface area is 171 Å². The molecule has 0 aromatic rings. The molecule has 1 fully saturated rings. The number of hydrogen-bond acceptors (Lipinski definition) is 4. The van der Waals surface area contributed by atoms with Crippen LogP contribution in [0.25, 0.3) is 0 Å². The monoisotopic (exact) mass is 411 g/mol. The van der Waals surface area contributed by atoms with Gasteiger partial charge in [0, 0.05) is 13.1 Å². The molecule has 1 heterocycles. The van der Waals surface area contributed by atoms with Gasteiger partial charge in [-0.1, -0.05) is 34.9 Å². The minimum Gasteiger partial charge on any atom is -0.338 e. The molecular weight excluding hydrogens is 373 g/mol. The Bertz CT molecular complexity index is 637. The van der Waals surface area contributed by atoms with Gasteiger partial charge in [0.15, 0.2) is 0 Å². The fraction of sp³-hybridized carbons (Fsp3) is 0.682. The van der Waals surface area contributed by atoms with Crippen LogP contribution >= 0.6 is 7.60 Å². The van der Waals surface area contributed by atoms with Crippen molar-refractivity contribution in [2.75, 3.05) is 26.3 Å². The quantitative estimate of drug-likeness (QED) is 0.297. The van der Waals surface area contributed by atoms with Crippen molar-refractivity contribution in [3.8, 4) is 0 Å². The Morgan fingerprint density at radius 2 is 1.71 bits per heavy atom. The van der Waals surface area contributed by atoms with E-state index in [4.69, 9.17) is 9.05 Å². The number of carbonyl (C=O) groups is 1. The average Bonchev–Trinajstić information content (AvgIpc) is 3.00. The van der Waals surface area contributed by atoms with Crippen LogP contribution in [0.2, 0.25) is 0 Å². The number of allylic oxidation sites excluding steroid dienone is 5. The third kappa shape index (κ3) is 8.06. The summed E-state index contributed by atoms with van der Waals surface area (Å²) in [6.45, 7) is 13.7. The Hall–Kier alpha value is -1.16. The number of likely N-dealkylation sites (tertiary alicyclic amines) is 1. The van der Waals surface area contributed by atoms with Gasteiger partial charge in [0.05, 0.1) is 13.2 Å². The number of hydrogen-bond donors (Lipinski definition) is 0. The van der Waals surface area contributed by atoms with Crippen molar-refractivity contribution >= 4 is 13.5 Å². The number of rotatable bonds is 12. The van der Waals surface area contributed by atoms with Crippen molar-refractivity contribution in [1.29, 1.82) is 0 Å². The summed E-state index contributed by atoms with van der Waals surface area (Å²) in [5.74, 6) is -0.119. The fourth-order valence-corrected chi connectivity index (χ4v) is 5.16. The SMILES string of the molecule is CCOP(=O)(OCC)C1CCN(C/C=C(\C)CC/C=C(\C)CC=C(C)C)C1=O. The summed E-state index contributed by atoms with van der Waals surface area (Å²) < 4.78 is 23.6. The van der Waals surface area contributed by atoms with E-state index in [-0.39, 0.29) is 19.1 Å². The standard InChI is InChI=1S/C22H38NO4P/c1-7-26-28(25,27-8-2)21-15-17-23(22(21)24)16-14-20(6)11-9-10-19(5)13-12-18(3)4/h10,12,14,21H,7-9,11,13,15-17H2,1-6H3/b19-10+,20-14+. The van der Waals surface area contributed by atoms with Crippen LogP contribution in [0.4, 0.5) is 0 Å². The normalized spacial score (nSPS) is 18.7. The Morgan fingerprint density at radius 3 is 2.29 bits per heavy atom. The van der Waals surface area contributed by atoms with Gasteiger partial charge in [-0.25, -0.2) is 0 Å². The topological polar surface area (TPSA) is 55.8 Å². The van der Waals surface area contributed by atoms with E-state index in [0.29, 0.717) is 19.5 Å². The predicted molar refractivity (Wildman–Crippen MR) is 117 cm³/mol. The Balaban J connectivity index is 2.56. The first-order valence-electron chi connectivity index (χ1n) is 10.4. The molecule has 1 aliphatic heterocycles. The molecule has 0 radical (unpaired) electrons. The van der Waals surface area contributed by atoms with Gasteiger partial charge >= 0.3 is 7.60 Å². The minimum absolute atomic E-state index is 0.119. The molecule has 160 valence electrons. The Morgan fingerprint density at radius 1 is 1.07 bits per heavy atom. The van der Waals surface area contributed by atoms with Crippen molar-refractivity contribution in [1.82, 2.24) is 4.90 Å². The van der Waals surface area contributed by atoms with Crippen molar-refractivity contribution < 1.29 is 18.4 Å². The second-order valence-corrected chi connectivity index (χ2v) is 9.81. The molecule has 28 heavy (non-hydrogen) atoms. The molecule has 5 nitrogen and oxygen atoms in total. The third-order valence-electron chi connectivity index (χ3n) is 4.79. The number of amides is 1. The van der Waals surface area contributed by atoms with Crippen LogP contribution in [0.15, 0.2) is 34.9 Å². The van der Waals surface area contributed by atoms with Crippen LogP contribution in [0, 0.1) is 0 Å². The van der Waals surface area contributed by atoms with E-state index in [0.717, 1.165) is 19.3 Å². The maximum atomic E-state index is 12.9. The van der Waals surface area contributed by atoms with Crippen LogP contribution in [0.1, 0.15) is 67.2 Å². The maximum absolute atomic E-state index is 12.9. The molecule has 0 saturated carbocycles. The molecule has 1 unspecified atom stereocenters. The second kappa shape index (κ2) is 12.4. The van der Waals surface area contributed by atoms with Crippen LogP contribution in [-0.2, 0) is 18.4 Å². The van der Waals surface area contributed by atoms with Gasteiger partial charge in [-0.15, -0.1) is 0 Å². The summed E-state index contributed by atoms with van der Waals surface area (Å²) in [5, 5.41) is 0. The second-order valence-electron chi connectivity index (χ2n) is 7.59. The molecule has 0 aromatic heterocycles. The summed E-state index contributed by atoms with van der Waals surface area (Å²) in [5.41, 5.74) is 3.33. The van der Waals surface area contributed by atoms with Crippen LogP contribution < -0.4 is 0 Å². The lowest BCUT2D eigenvalue weighted by Gasteiger charge is -2.22. The van der Waals surface area contributed by atoms with E-state index in [9.17, 15) is 9.36 Å². The van der Waals surface area contributed by atoms with E-state index in [1.165, 1.54) is 16.7 Å². The van der Waals surface area contributed by atoms with Gasteiger partial charge in [-0.3, -0.25) is 9.36 Å². The van der Waals surface area contributed by atoms with Gasteiger partial charge < -0.3 is 13.9 Å². The highest BCUT2D eigenvalue weighted by molar-refractivity contribution is 7.55. The highest BCUT2D eigenvalue weighted by Gasteiger charge is 2.46. The largest absolute Gasteiger partial charge is 0.343 e. The summed E-state index contributed by atoms with van der Waals surface area (Å²) in [6, 6.07) is 0. The first-order chi connectivity index (χ1) is 13.2. The lowest BCUT2D eigenvalue weighted by molar-refractivity contribution is -0.127. The molecule has 0 aromatic carbocycles. The zero-order valence-electron chi connectivity index (χ0n) is 18.5. The van der Waals surface area contributed by atoms with Crippen molar-refractivity contribution in [3.63, 3.8) is 0 Å². The van der Waals surface area contributed by atoms with Gasteiger partial charge in [0.2, 0.25) is 5.91 Å². The molecule has 1 atom stereocenters. The molecule has 0 spiro atoms. The minimum atomic E-state index is -3.37. The van der Waals surface area contributed by atoms with E-state index in [1.807, 2.05) is 0 Å².